The molecule has 1 N–H and O–H groups in total. The summed E-state index contributed by atoms with van der Waals surface area (Å²) in [6, 6.07) is 4.88. The number of oxazole rings is 1. The molecule has 1 fully saturated rings. The van der Waals surface area contributed by atoms with Gasteiger partial charge >= 0.3 is 0 Å². The van der Waals surface area contributed by atoms with Crippen LogP contribution in [-0.2, 0) is 9.84 Å². The second-order valence-electron chi connectivity index (χ2n) is 4.54. The third kappa shape index (κ3) is 2.63. The Hall–Kier alpha value is -1.05. The van der Waals surface area contributed by atoms with Crippen molar-refractivity contribution in [2.24, 2.45) is 0 Å². The molecule has 1 aromatic carbocycles. The smallest absolute Gasteiger partial charge is 0.213 e. The number of hydrogen-bond acceptors (Lipinski definition) is 6. The fraction of sp³-hybridized carbons (Fsp3) is 0.417. The van der Waals surface area contributed by atoms with E-state index in [2.05, 4.69) is 10.3 Å². The fourth-order valence-electron chi connectivity index (χ4n) is 2.03. The number of nitrogens with zero attached hydrogens (tertiary/aromatic N) is 1. The molecule has 0 bridgehead atoms. The van der Waals surface area contributed by atoms with E-state index < -0.39 is 9.84 Å². The molecule has 0 amide bonds. The number of sulfone groups is 1. The molecule has 2 aromatic rings. The van der Waals surface area contributed by atoms with Crippen LogP contribution in [0.4, 0.5) is 0 Å². The Morgan fingerprint density at radius 1 is 1.47 bits per heavy atom. The number of fused-ring (bicyclic) bond motifs is 1. The third-order valence-corrected chi connectivity index (χ3v) is 5.20. The van der Waals surface area contributed by atoms with Gasteiger partial charge in [-0.15, -0.1) is 0 Å². The van der Waals surface area contributed by atoms with Gasteiger partial charge in [0.15, 0.2) is 15.4 Å². The summed E-state index contributed by atoms with van der Waals surface area (Å²) in [7, 11) is -3.21. The fourth-order valence-corrected chi connectivity index (χ4v) is 3.59. The highest BCUT2D eigenvalue weighted by Gasteiger charge is 2.21. The molecule has 7 heteroatoms. The van der Waals surface area contributed by atoms with Crippen LogP contribution >= 0.6 is 11.8 Å². The van der Waals surface area contributed by atoms with Gasteiger partial charge in [-0.05, 0) is 18.2 Å². The SMILES string of the molecule is CS(=O)(=O)c1ccc2oc(C3CSCCN3)nc2c1. The van der Waals surface area contributed by atoms with Crippen LogP contribution in [-0.4, -0.2) is 37.7 Å². The first-order valence-electron chi connectivity index (χ1n) is 5.96. The van der Waals surface area contributed by atoms with Gasteiger partial charge < -0.3 is 9.73 Å². The maximum Gasteiger partial charge on any atom is 0.213 e. The van der Waals surface area contributed by atoms with Crippen molar-refractivity contribution in [1.29, 1.82) is 0 Å². The zero-order chi connectivity index (χ0) is 13.5. The molecule has 3 rings (SSSR count). The van der Waals surface area contributed by atoms with E-state index in [0.29, 0.717) is 17.0 Å². The van der Waals surface area contributed by atoms with Crippen LogP contribution in [0.25, 0.3) is 11.1 Å². The van der Waals surface area contributed by atoms with Gasteiger partial charge in [0.05, 0.1) is 10.9 Å². The molecule has 19 heavy (non-hydrogen) atoms. The number of thioether (sulfide) groups is 1. The molecule has 0 radical (unpaired) electrons. The summed E-state index contributed by atoms with van der Waals surface area (Å²) in [5.41, 5.74) is 1.22. The average Bonchev–Trinajstić information content (AvgIpc) is 2.81. The van der Waals surface area contributed by atoms with Gasteiger partial charge in [0.2, 0.25) is 5.89 Å². The highest BCUT2D eigenvalue weighted by atomic mass is 32.2. The minimum Gasteiger partial charge on any atom is -0.439 e. The first kappa shape index (κ1) is 13.0. The topological polar surface area (TPSA) is 72.2 Å². The minimum absolute atomic E-state index is 0.104. The summed E-state index contributed by atoms with van der Waals surface area (Å²) in [4.78, 5) is 4.67. The van der Waals surface area contributed by atoms with E-state index in [9.17, 15) is 8.42 Å². The maximum absolute atomic E-state index is 11.5. The Morgan fingerprint density at radius 3 is 3.00 bits per heavy atom. The lowest BCUT2D eigenvalue weighted by Crippen LogP contribution is -2.30. The van der Waals surface area contributed by atoms with Gasteiger partial charge in [0.1, 0.15) is 5.52 Å². The second-order valence-corrected chi connectivity index (χ2v) is 7.70. The Morgan fingerprint density at radius 2 is 2.32 bits per heavy atom. The molecule has 0 spiro atoms. The van der Waals surface area contributed by atoms with Gasteiger partial charge in [-0.1, -0.05) is 0 Å². The second kappa shape index (κ2) is 4.81. The third-order valence-electron chi connectivity index (χ3n) is 3.02. The first-order chi connectivity index (χ1) is 9.04. The van der Waals surface area contributed by atoms with Crippen molar-refractivity contribution in [3.63, 3.8) is 0 Å². The van der Waals surface area contributed by atoms with E-state index in [1.807, 2.05) is 11.8 Å². The van der Waals surface area contributed by atoms with E-state index in [1.165, 1.54) is 6.26 Å². The van der Waals surface area contributed by atoms with E-state index in [0.717, 1.165) is 18.1 Å². The van der Waals surface area contributed by atoms with Crippen molar-refractivity contribution in [2.75, 3.05) is 24.3 Å². The van der Waals surface area contributed by atoms with Crippen LogP contribution in [0, 0.1) is 0 Å². The zero-order valence-electron chi connectivity index (χ0n) is 10.4. The summed E-state index contributed by atoms with van der Waals surface area (Å²) >= 11 is 1.86. The minimum atomic E-state index is -3.21. The van der Waals surface area contributed by atoms with Crippen molar-refractivity contribution in [3.05, 3.63) is 24.1 Å². The molecular weight excluding hydrogens is 284 g/mol. The van der Waals surface area contributed by atoms with E-state index >= 15 is 0 Å². The van der Waals surface area contributed by atoms with Crippen LogP contribution in [0.3, 0.4) is 0 Å². The molecule has 1 unspecified atom stereocenters. The van der Waals surface area contributed by atoms with Gasteiger partial charge in [-0.3, -0.25) is 0 Å². The lowest BCUT2D eigenvalue weighted by Gasteiger charge is -2.19. The van der Waals surface area contributed by atoms with Crippen LogP contribution in [0.5, 0.6) is 0 Å². The van der Waals surface area contributed by atoms with Crippen molar-refractivity contribution >= 4 is 32.7 Å². The van der Waals surface area contributed by atoms with Crippen LogP contribution < -0.4 is 5.32 Å². The number of nitrogens with one attached hydrogen (secondary N) is 1. The molecule has 1 atom stereocenters. The largest absolute Gasteiger partial charge is 0.439 e. The molecule has 5 nitrogen and oxygen atoms in total. The summed E-state index contributed by atoms with van der Waals surface area (Å²) in [6.45, 7) is 0.933. The molecule has 1 saturated heterocycles. The van der Waals surface area contributed by atoms with Gasteiger partial charge in [0, 0.05) is 24.3 Å². The zero-order valence-corrected chi connectivity index (χ0v) is 12.1. The first-order valence-corrected chi connectivity index (χ1v) is 9.00. The monoisotopic (exact) mass is 298 g/mol. The lowest BCUT2D eigenvalue weighted by molar-refractivity contribution is 0.441. The van der Waals surface area contributed by atoms with Gasteiger partial charge in [0.25, 0.3) is 0 Å². The summed E-state index contributed by atoms with van der Waals surface area (Å²) < 4.78 is 28.7. The standard InChI is InChI=1S/C12H14N2O3S2/c1-19(15,16)8-2-3-11-9(6-8)14-12(17-11)10-7-18-5-4-13-10/h2-3,6,10,13H,4-5,7H2,1H3. The average molecular weight is 298 g/mol. The summed E-state index contributed by atoms with van der Waals surface area (Å²) in [5, 5.41) is 3.35. The summed E-state index contributed by atoms with van der Waals surface area (Å²) in [6.07, 6.45) is 1.19. The number of hydrogen-bond donors (Lipinski definition) is 1. The van der Waals surface area contributed by atoms with Crippen molar-refractivity contribution in [2.45, 2.75) is 10.9 Å². The highest BCUT2D eigenvalue weighted by molar-refractivity contribution is 7.99. The molecule has 2 heterocycles. The van der Waals surface area contributed by atoms with Crippen molar-refractivity contribution in [1.82, 2.24) is 10.3 Å². The number of benzene rings is 1. The molecule has 0 saturated carbocycles. The predicted octanol–water partition coefficient (Wildman–Crippen LogP) is 1.61. The summed E-state index contributed by atoms with van der Waals surface area (Å²) in [5.74, 6) is 2.65. The number of aromatic nitrogens is 1. The molecule has 102 valence electrons. The Balaban J connectivity index is 2.01. The molecule has 1 aliphatic heterocycles. The molecule has 0 aliphatic carbocycles. The highest BCUT2D eigenvalue weighted by Crippen LogP contribution is 2.26. The van der Waals surface area contributed by atoms with E-state index in [1.54, 1.807) is 18.2 Å². The molecule has 1 aliphatic rings. The lowest BCUT2D eigenvalue weighted by atomic mass is 10.3. The van der Waals surface area contributed by atoms with E-state index in [4.69, 9.17) is 4.42 Å². The van der Waals surface area contributed by atoms with E-state index in [-0.39, 0.29) is 10.9 Å². The molecule has 1 aromatic heterocycles. The quantitative estimate of drug-likeness (QED) is 0.908. The molecular formula is C12H14N2O3S2. The predicted molar refractivity (Wildman–Crippen MR) is 75.2 cm³/mol. The van der Waals surface area contributed by atoms with Crippen LogP contribution in [0.15, 0.2) is 27.5 Å². The number of rotatable bonds is 2. The van der Waals surface area contributed by atoms with Crippen molar-refractivity contribution in [3.8, 4) is 0 Å². The van der Waals surface area contributed by atoms with Crippen LogP contribution in [0.1, 0.15) is 11.9 Å². The Labute approximate surface area is 115 Å². The van der Waals surface area contributed by atoms with Crippen molar-refractivity contribution < 1.29 is 12.8 Å². The van der Waals surface area contributed by atoms with Gasteiger partial charge in [-0.25, -0.2) is 13.4 Å². The van der Waals surface area contributed by atoms with Gasteiger partial charge in [-0.2, -0.15) is 11.8 Å². The Bertz CT molecular complexity index is 703. The normalized spacial score (nSPS) is 20.8. The maximum atomic E-state index is 11.5. The Kier molecular flexibility index (Phi) is 3.28. The van der Waals surface area contributed by atoms with Crippen LogP contribution in [0.2, 0.25) is 0 Å².